The molecular weight excluding hydrogens is 361 g/mol. The number of benzene rings is 2. The smallest absolute Gasteiger partial charge is 0.416 e. The first-order valence-electron chi connectivity index (χ1n) is 8.01. The number of oxazole rings is 1. The van der Waals surface area contributed by atoms with Gasteiger partial charge in [0, 0.05) is 16.8 Å². The molecule has 2 aromatic carbocycles. The normalized spacial score (nSPS) is 11.4. The number of rotatable bonds is 4. The second-order valence-electron chi connectivity index (χ2n) is 5.62. The summed E-state index contributed by atoms with van der Waals surface area (Å²) >= 11 is 0. The van der Waals surface area contributed by atoms with Gasteiger partial charge in [0.25, 0.3) is 0 Å². The van der Waals surface area contributed by atoms with Crippen molar-refractivity contribution < 1.29 is 27.1 Å². The van der Waals surface area contributed by atoms with Gasteiger partial charge in [-0.3, -0.25) is 0 Å². The number of nitrogens with two attached hydrogens (primary N) is 1. The highest BCUT2D eigenvalue weighted by Gasteiger charge is 2.30. The summed E-state index contributed by atoms with van der Waals surface area (Å²) in [6.07, 6.45) is -4.45. The number of hydrogen-bond acceptors (Lipinski definition) is 5. The van der Waals surface area contributed by atoms with Crippen LogP contribution in [0.4, 0.5) is 18.9 Å². The number of carbonyl (C=O) groups excluding carboxylic acids is 1. The van der Waals surface area contributed by atoms with Crippen LogP contribution in [0.3, 0.4) is 0 Å². The number of ether oxygens (including phenoxy) is 1. The van der Waals surface area contributed by atoms with Crippen LogP contribution in [-0.4, -0.2) is 17.6 Å². The first-order valence-corrected chi connectivity index (χ1v) is 8.01. The monoisotopic (exact) mass is 376 g/mol. The van der Waals surface area contributed by atoms with Crippen molar-refractivity contribution in [3.63, 3.8) is 0 Å². The topological polar surface area (TPSA) is 78.3 Å². The Hall–Kier alpha value is -3.29. The molecule has 8 heteroatoms. The Bertz CT molecular complexity index is 963. The van der Waals surface area contributed by atoms with E-state index in [0.717, 1.165) is 12.1 Å². The van der Waals surface area contributed by atoms with Crippen LogP contribution < -0.4 is 5.73 Å². The molecule has 0 unspecified atom stereocenters. The van der Waals surface area contributed by atoms with E-state index in [1.54, 1.807) is 31.2 Å². The van der Waals surface area contributed by atoms with Crippen LogP contribution in [0.2, 0.25) is 0 Å². The van der Waals surface area contributed by atoms with Gasteiger partial charge in [-0.25, -0.2) is 9.78 Å². The molecular formula is C19H15F3N2O3. The average molecular weight is 376 g/mol. The molecule has 2 N–H and O–H groups in total. The number of carbonyl (C=O) groups is 1. The lowest BCUT2D eigenvalue weighted by atomic mass is 10.1. The van der Waals surface area contributed by atoms with E-state index < -0.39 is 17.7 Å². The molecule has 0 saturated carbocycles. The summed E-state index contributed by atoms with van der Waals surface area (Å²) in [5, 5.41) is 0. The standard InChI is InChI=1S/C19H15F3N2O3/c1-2-26-18(25)15-16(12-4-3-5-14(23)10-12)27-17(24-15)11-6-8-13(9-7-11)19(20,21)22/h3-10H,2,23H2,1H3. The third-order valence-corrected chi connectivity index (χ3v) is 3.70. The molecule has 1 aromatic heterocycles. The van der Waals surface area contributed by atoms with E-state index >= 15 is 0 Å². The zero-order valence-corrected chi connectivity index (χ0v) is 14.2. The van der Waals surface area contributed by atoms with Gasteiger partial charge in [-0.05, 0) is 43.3 Å². The Balaban J connectivity index is 2.07. The van der Waals surface area contributed by atoms with E-state index in [4.69, 9.17) is 14.9 Å². The van der Waals surface area contributed by atoms with Crippen molar-refractivity contribution in [1.82, 2.24) is 4.98 Å². The summed E-state index contributed by atoms with van der Waals surface area (Å²) in [7, 11) is 0. The quantitative estimate of drug-likeness (QED) is 0.523. The number of halogens is 3. The highest BCUT2D eigenvalue weighted by Crippen LogP contribution is 2.34. The lowest BCUT2D eigenvalue weighted by Gasteiger charge is -2.06. The number of anilines is 1. The van der Waals surface area contributed by atoms with Crippen molar-refractivity contribution in [2.45, 2.75) is 13.1 Å². The number of nitrogen functional groups attached to an aromatic ring is 1. The van der Waals surface area contributed by atoms with Crippen LogP contribution in [0.1, 0.15) is 23.0 Å². The number of aromatic nitrogens is 1. The maximum absolute atomic E-state index is 12.7. The van der Waals surface area contributed by atoms with Crippen LogP contribution in [0.15, 0.2) is 52.9 Å². The van der Waals surface area contributed by atoms with Crippen molar-refractivity contribution in [1.29, 1.82) is 0 Å². The summed E-state index contributed by atoms with van der Waals surface area (Å²) in [6.45, 7) is 1.78. The fourth-order valence-corrected chi connectivity index (χ4v) is 2.46. The van der Waals surface area contributed by atoms with Gasteiger partial charge in [0.15, 0.2) is 11.5 Å². The second-order valence-corrected chi connectivity index (χ2v) is 5.62. The van der Waals surface area contributed by atoms with Gasteiger partial charge in [0.1, 0.15) is 0 Å². The van der Waals surface area contributed by atoms with Crippen molar-refractivity contribution in [2.75, 3.05) is 12.3 Å². The fraction of sp³-hybridized carbons (Fsp3) is 0.158. The van der Waals surface area contributed by atoms with E-state index in [9.17, 15) is 18.0 Å². The minimum atomic E-state index is -4.45. The van der Waals surface area contributed by atoms with E-state index in [0.29, 0.717) is 16.8 Å². The molecule has 0 aliphatic rings. The van der Waals surface area contributed by atoms with Gasteiger partial charge in [-0.2, -0.15) is 13.2 Å². The van der Waals surface area contributed by atoms with Gasteiger partial charge in [0.2, 0.25) is 5.89 Å². The van der Waals surface area contributed by atoms with E-state index in [2.05, 4.69) is 4.98 Å². The molecule has 1 heterocycles. The van der Waals surface area contributed by atoms with Crippen LogP contribution >= 0.6 is 0 Å². The van der Waals surface area contributed by atoms with Gasteiger partial charge in [-0.1, -0.05) is 12.1 Å². The maximum atomic E-state index is 12.7. The molecule has 3 aromatic rings. The summed E-state index contributed by atoms with van der Waals surface area (Å²) < 4.78 is 48.9. The van der Waals surface area contributed by atoms with Crippen molar-refractivity contribution in [3.05, 3.63) is 59.8 Å². The highest BCUT2D eigenvalue weighted by molar-refractivity contribution is 5.94. The van der Waals surface area contributed by atoms with Gasteiger partial charge in [0.05, 0.1) is 12.2 Å². The zero-order valence-electron chi connectivity index (χ0n) is 14.2. The van der Waals surface area contributed by atoms with Crippen LogP contribution in [0.5, 0.6) is 0 Å². The molecule has 0 fully saturated rings. The van der Waals surface area contributed by atoms with Gasteiger partial charge in [-0.15, -0.1) is 0 Å². The molecule has 27 heavy (non-hydrogen) atoms. The summed E-state index contributed by atoms with van der Waals surface area (Å²) in [4.78, 5) is 16.4. The Morgan fingerprint density at radius 3 is 2.44 bits per heavy atom. The molecule has 0 aliphatic carbocycles. The number of hydrogen-bond donors (Lipinski definition) is 1. The molecule has 0 bridgehead atoms. The summed E-state index contributed by atoms with van der Waals surface area (Å²) in [5.41, 5.74) is 6.16. The van der Waals surface area contributed by atoms with Crippen molar-refractivity contribution >= 4 is 11.7 Å². The predicted octanol–water partition coefficient (Wildman–Crippen LogP) is 4.79. The minimum absolute atomic E-state index is 0.00389. The minimum Gasteiger partial charge on any atom is -0.461 e. The largest absolute Gasteiger partial charge is 0.461 e. The van der Waals surface area contributed by atoms with Crippen LogP contribution in [0.25, 0.3) is 22.8 Å². The van der Waals surface area contributed by atoms with Crippen molar-refractivity contribution in [3.8, 4) is 22.8 Å². The Morgan fingerprint density at radius 1 is 1.15 bits per heavy atom. The molecule has 0 amide bonds. The lowest BCUT2D eigenvalue weighted by Crippen LogP contribution is -2.06. The van der Waals surface area contributed by atoms with Gasteiger partial charge >= 0.3 is 12.1 Å². The molecule has 0 radical (unpaired) electrons. The molecule has 5 nitrogen and oxygen atoms in total. The second kappa shape index (κ2) is 7.14. The average Bonchev–Trinajstić information content (AvgIpc) is 3.07. The maximum Gasteiger partial charge on any atom is 0.416 e. The fourth-order valence-electron chi connectivity index (χ4n) is 2.46. The highest BCUT2D eigenvalue weighted by atomic mass is 19.4. The van der Waals surface area contributed by atoms with E-state index in [-0.39, 0.29) is 24.0 Å². The third kappa shape index (κ3) is 3.94. The molecule has 0 atom stereocenters. The molecule has 0 saturated heterocycles. The van der Waals surface area contributed by atoms with Gasteiger partial charge < -0.3 is 14.9 Å². The number of nitrogens with zero attached hydrogens (tertiary/aromatic N) is 1. The summed E-state index contributed by atoms with van der Waals surface area (Å²) in [6, 6.07) is 10.9. The zero-order chi connectivity index (χ0) is 19.6. The first kappa shape index (κ1) is 18.5. The Labute approximate surface area is 152 Å². The predicted molar refractivity (Wildman–Crippen MR) is 92.7 cm³/mol. The first-order chi connectivity index (χ1) is 12.8. The number of alkyl halides is 3. The number of esters is 1. The van der Waals surface area contributed by atoms with Crippen LogP contribution in [-0.2, 0) is 10.9 Å². The molecule has 140 valence electrons. The molecule has 0 aliphatic heterocycles. The molecule has 0 spiro atoms. The van der Waals surface area contributed by atoms with E-state index in [1.807, 2.05) is 0 Å². The third-order valence-electron chi connectivity index (χ3n) is 3.70. The lowest BCUT2D eigenvalue weighted by molar-refractivity contribution is -0.137. The van der Waals surface area contributed by atoms with E-state index in [1.165, 1.54) is 12.1 Å². The molecule has 3 rings (SSSR count). The Kier molecular flexibility index (Phi) is 4.89. The Morgan fingerprint density at radius 2 is 1.85 bits per heavy atom. The van der Waals surface area contributed by atoms with Crippen molar-refractivity contribution in [2.24, 2.45) is 0 Å². The van der Waals surface area contributed by atoms with Crippen LogP contribution in [0, 0.1) is 0 Å². The summed E-state index contributed by atoms with van der Waals surface area (Å²) in [5.74, 6) is -0.559. The SMILES string of the molecule is CCOC(=O)c1nc(-c2ccc(C(F)(F)F)cc2)oc1-c1cccc(N)c1.